The van der Waals surface area contributed by atoms with E-state index in [4.69, 9.17) is 0 Å². The van der Waals surface area contributed by atoms with Crippen LogP contribution in [0.15, 0.2) is 24.3 Å². The number of nitrogens with one attached hydrogen (secondary N) is 2. The summed E-state index contributed by atoms with van der Waals surface area (Å²) in [7, 11) is 0. The maximum atomic E-state index is 13.9. The quantitative estimate of drug-likeness (QED) is 0.508. The van der Waals surface area contributed by atoms with Gasteiger partial charge in [0.1, 0.15) is 5.82 Å². The van der Waals surface area contributed by atoms with Crippen LogP contribution in [-0.4, -0.2) is 64.8 Å². The molecule has 4 N–H and O–H groups in total. The Bertz CT molecular complexity index is 628. The molecule has 1 fully saturated rings. The van der Waals surface area contributed by atoms with Gasteiger partial charge in [0.2, 0.25) is 11.8 Å². The predicted octanol–water partition coefficient (Wildman–Crippen LogP) is -0.234. The number of carbonyl (C=O) groups is 2. The van der Waals surface area contributed by atoms with Gasteiger partial charge in [-0.05, 0) is 12.5 Å². The zero-order chi connectivity index (χ0) is 19.2. The summed E-state index contributed by atoms with van der Waals surface area (Å²) in [5, 5.41) is 24.3. The SMILES string of the molecule is CCC(CO)(CO)NC(=O)C[C@@H]1C(=O)NCCN1Cc1ccccc1F. The third kappa shape index (κ3) is 4.78. The molecule has 1 aliphatic heterocycles. The Morgan fingerprint density at radius 1 is 1.38 bits per heavy atom. The van der Waals surface area contributed by atoms with E-state index in [1.807, 2.05) is 0 Å². The van der Waals surface area contributed by atoms with Crippen LogP contribution in [0, 0.1) is 5.82 Å². The van der Waals surface area contributed by atoms with Crippen molar-refractivity contribution in [3.05, 3.63) is 35.6 Å². The van der Waals surface area contributed by atoms with Gasteiger partial charge in [-0.1, -0.05) is 25.1 Å². The summed E-state index contributed by atoms with van der Waals surface area (Å²) in [6.45, 7) is 2.08. The Morgan fingerprint density at radius 2 is 2.08 bits per heavy atom. The van der Waals surface area contributed by atoms with Crippen LogP contribution in [-0.2, 0) is 16.1 Å². The maximum Gasteiger partial charge on any atom is 0.237 e. The van der Waals surface area contributed by atoms with Crippen LogP contribution in [0.2, 0.25) is 0 Å². The van der Waals surface area contributed by atoms with Crippen molar-refractivity contribution < 1.29 is 24.2 Å². The number of benzene rings is 1. The molecule has 0 radical (unpaired) electrons. The second-order valence-corrected chi connectivity index (χ2v) is 6.57. The second-order valence-electron chi connectivity index (χ2n) is 6.57. The first-order valence-corrected chi connectivity index (χ1v) is 8.72. The molecule has 2 amide bonds. The number of piperazine rings is 1. The summed E-state index contributed by atoms with van der Waals surface area (Å²) in [5.74, 6) is -1.10. The van der Waals surface area contributed by atoms with Crippen LogP contribution >= 0.6 is 0 Å². The molecule has 1 saturated heterocycles. The van der Waals surface area contributed by atoms with E-state index < -0.39 is 30.7 Å². The van der Waals surface area contributed by atoms with Gasteiger partial charge in [0.05, 0.1) is 31.2 Å². The van der Waals surface area contributed by atoms with Gasteiger partial charge in [-0.3, -0.25) is 14.5 Å². The fourth-order valence-corrected chi connectivity index (χ4v) is 2.98. The van der Waals surface area contributed by atoms with Crippen LogP contribution < -0.4 is 10.6 Å². The van der Waals surface area contributed by atoms with Crippen molar-refractivity contribution >= 4 is 11.8 Å². The molecule has 26 heavy (non-hydrogen) atoms. The normalized spacial score (nSPS) is 18.5. The molecule has 8 heteroatoms. The monoisotopic (exact) mass is 367 g/mol. The number of halogens is 1. The minimum Gasteiger partial charge on any atom is -0.394 e. The minimum atomic E-state index is -1.11. The largest absolute Gasteiger partial charge is 0.394 e. The molecule has 1 aliphatic rings. The molecular weight excluding hydrogens is 341 g/mol. The van der Waals surface area contributed by atoms with Gasteiger partial charge in [0.25, 0.3) is 0 Å². The standard InChI is InChI=1S/C18H26FN3O4/c1-2-18(11-23,12-24)21-16(25)9-15-17(26)20-7-8-22(15)10-13-5-3-4-6-14(13)19/h3-6,15,23-24H,2,7-12H2,1H3,(H,20,26)(H,21,25)/t15-/m1/s1. The lowest BCUT2D eigenvalue weighted by molar-refractivity contribution is -0.135. The van der Waals surface area contributed by atoms with Gasteiger partial charge in [-0.25, -0.2) is 4.39 Å². The number of aliphatic hydroxyl groups excluding tert-OH is 2. The molecule has 0 aromatic heterocycles. The first-order chi connectivity index (χ1) is 12.4. The topological polar surface area (TPSA) is 102 Å². The molecule has 7 nitrogen and oxygen atoms in total. The summed E-state index contributed by atoms with van der Waals surface area (Å²) < 4.78 is 13.9. The van der Waals surface area contributed by atoms with E-state index in [1.165, 1.54) is 6.07 Å². The average molecular weight is 367 g/mol. The van der Waals surface area contributed by atoms with Crippen molar-refractivity contribution in [1.82, 2.24) is 15.5 Å². The summed E-state index contributed by atoms with van der Waals surface area (Å²) in [6, 6.07) is 5.59. The van der Waals surface area contributed by atoms with Crippen molar-refractivity contribution in [1.29, 1.82) is 0 Å². The van der Waals surface area contributed by atoms with Crippen LogP contribution in [0.5, 0.6) is 0 Å². The number of amides is 2. The molecule has 2 rings (SSSR count). The molecule has 0 unspecified atom stereocenters. The lowest BCUT2D eigenvalue weighted by atomic mass is 9.97. The van der Waals surface area contributed by atoms with E-state index >= 15 is 0 Å². The summed E-state index contributed by atoms with van der Waals surface area (Å²) in [4.78, 5) is 26.4. The highest BCUT2D eigenvalue weighted by Gasteiger charge is 2.35. The lowest BCUT2D eigenvalue weighted by Crippen LogP contribution is -2.59. The van der Waals surface area contributed by atoms with Crippen molar-refractivity contribution in [3.63, 3.8) is 0 Å². The smallest absolute Gasteiger partial charge is 0.237 e. The van der Waals surface area contributed by atoms with Crippen LogP contribution in [0.3, 0.4) is 0 Å². The molecule has 144 valence electrons. The lowest BCUT2D eigenvalue weighted by Gasteiger charge is -2.36. The van der Waals surface area contributed by atoms with Gasteiger partial charge < -0.3 is 20.8 Å². The highest BCUT2D eigenvalue weighted by Crippen LogP contribution is 2.17. The highest BCUT2D eigenvalue weighted by molar-refractivity contribution is 5.89. The van der Waals surface area contributed by atoms with Gasteiger partial charge in [0, 0.05) is 25.2 Å². The maximum absolute atomic E-state index is 13.9. The molecule has 1 aromatic rings. The number of carbonyl (C=O) groups excluding carboxylic acids is 2. The number of rotatable bonds is 8. The van der Waals surface area contributed by atoms with E-state index in [2.05, 4.69) is 10.6 Å². The van der Waals surface area contributed by atoms with Crippen LogP contribution in [0.1, 0.15) is 25.3 Å². The zero-order valence-corrected chi connectivity index (χ0v) is 14.9. The molecule has 1 atom stereocenters. The third-order valence-corrected chi connectivity index (χ3v) is 4.84. The van der Waals surface area contributed by atoms with Gasteiger partial charge in [0.15, 0.2) is 0 Å². The average Bonchev–Trinajstić information content (AvgIpc) is 2.64. The fraction of sp³-hybridized carbons (Fsp3) is 0.556. The summed E-state index contributed by atoms with van der Waals surface area (Å²) >= 11 is 0. The van der Waals surface area contributed by atoms with Crippen molar-refractivity contribution in [3.8, 4) is 0 Å². The van der Waals surface area contributed by atoms with E-state index in [0.717, 1.165) is 0 Å². The molecule has 0 bridgehead atoms. The van der Waals surface area contributed by atoms with Crippen LogP contribution in [0.25, 0.3) is 0 Å². The van der Waals surface area contributed by atoms with Gasteiger partial charge >= 0.3 is 0 Å². The van der Waals surface area contributed by atoms with E-state index in [-0.39, 0.29) is 24.7 Å². The number of hydrogen-bond acceptors (Lipinski definition) is 5. The van der Waals surface area contributed by atoms with Crippen LogP contribution in [0.4, 0.5) is 4.39 Å². The number of hydrogen-bond donors (Lipinski definition) is 4. The first kappa shape index (κ1) is 20.3. The number of nitrogens with zero attached hydrogens (tertiary/aromatic N) is 1. The predicted molar refractivity (Wildman–Crippen MR) is 93.6 cm³/mol. The fourth-order valence-electron chi connectivity index (χ4n) is 2.98. The van der Waals surface area contributed by atoms with Gasteiger partial charge in [-0.2, -0.15) is 0 Å². The molecule has 0 aliphatic carbocycles. The van der Waals surface area contributed by atoms with E-state index in [9.17, 15) is 24.2 Å². The Morgan fingerprint density at radius 3 is 2.69 bits per heavy atom. The molecular formula is C18H26FN3O4. The summed E-state index contributed by atoms with van der Waals surface area (Å²) in [5.41, 5.74) is -0.653. The molecule has 1 heterocycles. The highest BCUT2D eigenvalue weighted by atomic mass is 19.1. The second kappa shape index (κ2) is 9.07. The molecule has 0 spiro atoms. The Balaban J connectivity index is 2.09. The van der Waals surface area contributed by atoms with Crippen molar-refractivity contribution in [2.45, 2.75) is 37.9 Å². The van der Waals surface area contributed by atoms with E-state index in [0.29, 0.717) is 25.1 Å². The van der Waals surface area contributed by atoms with Gasteiger partial charge in [-0.15, -0.1) is 0 Å². The Kier molecular flexibility index (Phi) is 7.07. The van der Waals surface area contributed by atoms with Crippen molar-refractivity contribution in [2.75, 3.05) is 26.3 Å². The molecule has 0 saturated carbocycles. The minimum absolute atomic E-state index is 0.137. The van der Waals surface area contributed by atoms with Crippen molar-refractivity contribution in [2.24, 2.45) is 0 Å². The Hall–Kier alpha value is -2.03. The Labute approximate surface area is 152 Å². The molecule has 1 aromatic carbocycles. The van der Waals surface area contributed by atoms with E-state index in [1.54, 1.807) is 30.0 Å². The first-order valence-electron chi connectivity index (χ1n) is 8.72. The zero-order valence-electron chi connectivity index (χ0n) is 14.9. The third-order valence-electron chi connectivity index (χ3n) is 4.84. The summed E-state index contributed by atoms with van der Waals surface area (Å²) in [6.07, 6.45) is 0.212. The number of aliphatic hydroxyl groups is 2.